The normalized spacial score (nSPS) is 14.1. The van der Waals surface area contributed by atoms with Crippen molar-refractivity contribution in [1.82, 2.24) is 20.0 Å². The van der Waals surface area contributed by atoms with Crippen LogP contribution in [-0.4, -0.2) is 64.5 Å². The van der Waals surface area contributed by atoms with Crippen molar-refractivity contribution in [3.05, 3.63) is 113 Å². The molecular weight excluding hydrogens is 529 g/mol. The van der Waals surface area contributed by atoms with Crippen LogP contribution in [0.25, 0.3) is 11.3 Å². The monoisotopic (exact) mass is 557 g/mol. The van der Waals surface area contributed by atoms with E-state index in [1.165, 1.54) is 12.1 Å². The summed E-state index contributed by atoms with van der Waals surface area (Å²) >= 11 is 6.35. The summed E-state index contributed by atoms with van der Waals surface area (Å²) in [6, 6.07) is 26.1. The first-order valence-corrected chi connectivity index (χ1v) is 13.5. The van der Waals surface area contributed by atoms with Crippen LogP contribution in [0, 0.1) is 5.82 Å². The van der Waals surface area contributed by atoms with Gasteiger partial charge in [0.15, 0.2) is 5.82 Å². The summed E-state index contributed by atoms with van der Waals surface area (Å²) in [4.78, 5) is 32.5. The molecule has 1 aromatic heterocycles. The Morgan fingerprint density at radius 3 is 2.20 bits per heavy atom. The molecule has 1 aliphatic heterocycles. The lowest BCUT2D eigenvalue weighted by molar-refractivity contribution is -0.132. The molecule has 5 rings (SSSR count). The number of benzene rings is 3. The second-order valence-electron chi connectivity index (χ2n) is 9.65. The molecule has 2 heterocycles. The van der Waals surface area contributed by atoms with Gasteiger partial charge in [-0.15, -0.1) is 10.2 Å². The molecule has 1 fully saturated rings. The van der Waals surface area contributed by atoms with Crippen molar-refractivity contribution in [2.75, 3.05) is 37.6 Å². The Morgan fingerprint density at radius 2 is 1.55 bits per heavy atom. The highest BCUT2D eigenvalue weighted by Crippen LogP contribution is 2.26. The number of rotatable bonds is 7. The Bertz CT molecular complexity index is 1460. The van der Waals surface area contributed by atoms with Gasteiger partial charge in [0.2, 0.25) is 5.91 Å². The Kier molecular flexibility index (Phi) is 8.36. The maximum atomic E-state index is 13.6. The molecule has 1 saturated heterocycles. The average molecular weight is 558 g/mol. The molecule has 40 heavy (non-hydrogen) atoms. The molecule has 7 nitrogen and oxygen atoms in total. The molecule has 2 amide bonds. The fourth-order valence-electron chi connectivity index (χ4n) is 4.78. The van der Waals surface area contributed by atoms with Crippen LogP contribution in [0.4, 0.5) is 10.2 Å². The number of halogens is 2. The topological polar surface area (TPSA) is 69.6 Å². The number of hydrogen-bond donors (Lipinski definition) is 0. The summed E-state index contributed by atoms with van der Waals surface area (Å²) in [6.07, 6.45) is 0. The van der Waals surface area contributed by atoms with Gasteiger partial charge in [0, 0.05) is 31.7 Å². The van der Waals surface area contributed by atoms with E-state index in [-0.39, 0.29) is 30.2 Å². The SMILES string of the molecule is C[C@@H](c1ccccc1)N(CC(=O)N1CCN(c2ccc(-c3ccc(F)cc3)nn2)CC1)C(=O)c1ccccc1Cl. The number of amides is 2. The smallest absolute Gasteiger partial charge is 0.256 e. The first-order valence-electron chi connectivity index (χ1n) is 13.1. The van der Waals surface area contributed by atoms with E-state index in [1.54, 1.807) is 46.2 Å². The Labute approximate surface area is 237 Å². The van der Waals surface area contributed by atoms with Crippen LogP contribution in [0.3, 0.4) is 0 Å². The lowest BCUT2D eigenvalue weighted by atomic mass is 10.1. The highest BCUT2D eigenvalue weighted by molar-refractivity contribution is 6.33. The molecule has 0 unspecified atom stereocenters. The van der Waals surface area contributed by atoms with E-state index in [0.717, 1.165) is 11.1 Å². The molecule has 204 valence electrons. The van der Waals surface area contributed by atoms with Crippen molar-refractivity contribution in [3.8, 4) is 11.3 Å². The van der Waals surface area contributed by atoms with E-state index in [2.05, 4.69) is 15.1 Å². The third kappa shape index (κ3) is 6.13. The minimum Gasteiger partial charge on any atom is -0.352 e. The minimum absolute atomic E-state index is 0.0632. The number of aromatic nitrogens is 2. The third-order valence-electron chi connectivity index (χ3n) is 7.17. The van der Waals surface area contributed by atoms with Gasteiger partial charge in [0.05, 0.1) is 22.3 Å². The highest BCUT2D eigenvalue weighted by Gasteiger charge is 2.30. The number of hydrogen-bond acceptors (Lipinski definition) is 5. The van der Waals surface area contributed by atoms with Crippen LogP contribution < -0.4 is 4.90 Å². The van der Waals surface area contributed by atoms with Gasteiger partial charge >= 0.3 is 0 Å². The molecule has 1 atom stereocenters. The van der Waals surface area contributed by atoms with E-state index < -0.39 is 0 Å². The van der Waals surface area contributed by atoms with Crippen LogP contribution >= 0.6 is 11.6 Å². The third-order valence-corrected chi connectivity index (χ3v) is 7.50. The number of carbonyl (C=O) groups excluding carboxylic acids is 2. The summed E-state index contributed by atoms with van der Waals surface area (Å²) in [5.41, 5.74) is 2.75. The van der Waals surface area contributed by atoms with Crippen molar-refractivity contribution >= 4 is 29.2 Å². The summed E-state index contributed by atoms with van der Waals surface area (Å²) in [6.45, 7) is 4.02. The molecule has 0 bridgehead atoms. The van der Waals surface area contributed by atoms with Gasteiger partial charge in [-0.1, -0.05) is 54.1 Å². The van der Waals surface area contributed by atoms with Crippen LogP contribution in [0.2, 0.25) is 5.02 Å². The second kappa shape index (κ2) is 12.3. The van der Waals surface area contributed by atoms with Crippen molar-refractivity contribution in [2.24, 2.45) is 0 Å². The predicted molar refractivity (Wildman–Crippen MR) is 154 cm³/mol. The Hall–Kier alpha value is -4.30. The maximum Gasteiger partial charge on any atom is 0.256 e. The van der Waals surface area contributed by atoms with Crippen LogP contribution in [0.5, 0.6) is 0 Å². The van der Waals surface area contributed by atoms with Crippen LogP contribution in [0.1, 0.15) is 28.9 Å². The van der Waals surface area contributed by atoms with Gasteiger partial charge in [0.1, 0.15) is 12.4 Å². The van der Waals surface area contributed by atoms with Crippen LogP contribution in [-0.2, 0) is 4.79 Å². The molecule has 0 aliphatic carbocycles. The minimum atomic E-state index is -0.329. The van der Waals surface area contributed by atoms with Gasteiger partial charge in [0.25, 0.3) is 5.91 Å². The van der Waals surface area contributed by atoms with Crippen LogP contribution in [0.15, 0.2) is 91.0 Å². The molecule has 4 aromatic rings. The van der Waals surface area contributed by atoms with Gasteiger partial charge in [-0.25, -0.2) is 4.39 Å². The van der Waals surface area contributed by atoms with Crippen molar-refractivity contribution < 1.29 is 14.0 Å². The Balaban J connectivity index is 1.25. The lowest BCUT2D eigenvalue weighted by Gasteiger charge is -2.37. The second-order valence-corrected chi connectivity index (χ2v) is 10.1. The standard InChI is InChI=1S/C31H29ClFN5O2/c1-22(23-7-3-2-4-8-23)38(31(40)26-9-5-6-10-27(26)32)21-30(39)37-19-17-36(18-20-37)29-16-15-28(34-35-29)24-11-13-25(33)14-12-24/h2-16,22H,17-21H2,1H3/t22-/m0/s1. The van der Waals surface area contributed by atoms with E-state index >= 15 is 0 Å². The number of piperazine rings is 1. The fourth-order valence-corrected chi connectivity index (χ4v) is 5.00. The maximum absolute atomic E-state index is 13.6. The average Bonchev–Trinajstić information content (AvgIpc) is 3.00. The van der Waals surface area contributed by atoms with E-state index in [1.807, 2.05) is 49.4 Å². The molecule has 1 aliphatic rings. The number of carbonyl (C=O) groups is 2. The van der Waals surface area contributed by atoms with Crippen molar-refractivity contribution in [2.45, 2.75) is 13.0 Å². The van der Waals surface area contributed by atoms with Gasteiger partial charge < -0.3 is 14.7 Å². The molecule has 9 heteroatoms. The first-order chi connectivity index (χ1) is 19.4. The molecule has 3 aromatic carbocycles. The molecule has 0 N–H and O–H groups in total. The lowest BCUT2D eigenvalue weighted by Crippen LogP contribution is -2.52. The van der Waals surface area contributed by atoms with Gasteiger partial charge in [-0.3, -0.25) is 9.59 Å². The molecule has 0 spiro atoms. The predicted octanol–water partition coefficient (Wildman–Crippen LogP) is 5.49. The molecule has 0 saturated carbocycles. The van der Waals surface area contributed by atoms with E-state index in [9.17, 15) is 14.0 Å². The zero-order chi connectivity index (χ0) is 28.1. The Morgan fingerprint density at radius 1 is 0.875 bits per heavy atom. The van der Waals surface area contributed by atoms with Gasteiger partial charge in [-0.05, 0) is 61.0 Å². The number of nitrogens with zero attached hydrogens (tertiary/aromatic N) is 5. The van der Waals surface area contributed by atoms with E-state index in [0.29, 0.717) is 48.3 Å². The number of anilines is 1. The van der Waals surface area contributed by atoms with Crippen molar-refractivity contribution in [3.63, 3.8) is 0 Å². The summed E-state index contributed by atoms with van der Waals surface area (Å²) < 4.78 is 13.2. The zero-order valence-electron chi connectivity index (χ0n) is 22.1. The van der Waals surface area contributed by atoms with Crippen molar-refractivity contribution in [1.29, 1.82) is 0 Å². The van der Waals surface area contributed by atoms with Gasteiger partial charge in [-0.2, -0.15) is 0 Å². The first kappa shape index (κ1) is 27.3. The fraction of sp³-hybridized carbons (Fsp3) is 0.226. The summed E-state index contributed by atoms with van der Waals surface area (Å²) in [5.74, 6) is 0.00356. The molecular formula is C31H29ClFN5O2. The zero-order valence-corrected chi connectivity index (χ0v) is 22.8. The molecule has 0 radical (unpaired) electrons. The summed E-state index contributed by atoms with van der Waals surface area (Å²) in [7, 11) is 0. The summed E-state index contributed by atoms with van der Waals surface area (Å²) in [5, 5.41) is 9.01. The highest BCUT2D eigenvalue weighted by atomic mass is 35.5. The quantitative estimate of drug-likeness (QED) is 0.301. The van der Waals surface area contributed by atoms with E-state index in [4.69, 9.17) is 11.6 Å². The largest absolute Gasteiger partial charge is 0.352 e.